The normalized spacial score (nSPS) is 13.8. The largest absolute Gasteiger partial charge is 0.494 e. The zero-order valence-corrected chi connectivity index (χ0v) is 18.5. The number of benzene rings is 2. The van der Waals surface area contributed by atoms with Crippen LogP contribution < -0.4 is 15.4 Å². The zero-order chi connectivity index (χ0) is 21.6. The SMILES string of the molecule is O=C1CCc2cc(OCCCC(=O)NC(c3ccc(Cl)cc3)c3cccs3)ccc2N1. The zero-order valence-electron chi connectivity index (χ0n) is 16.9. The summed E-state index contributed by atoms with van der Waals surface area (Å²) in [6.07, 6.45) is 2.19. The van der Waals surface area contributed by atoms with Gasteiger partial charge in [-0.15, -0.1) is 11.3 Å². The number of ether oxygens (including phenoxy) is 1. The maximum Gasteiger partial charge on any atom is 0.224 e. The first-order valence-corrected chi connectivity index (χ1v) is 11.5. The Labute approximate surface area is 190 Å². The number of halogens is 1. The number of fused-ring (bicyclic) bond motifs is 1. The smallest absolute Gasteiger partial charge is 0.224 e. The molecule has 2 N–H and O–H groups in total. The minimum absolute atomic E-state index is 0.0231. The van der Waals surface area contributed by atoms with Gasteiger partial charge in [-0.25, -0.2) is 0 Å². The van der Waals surface area contributed by atoms with Crippen LogP contribution >= 0.6 is 22.9 Å². The molecule has 160 valence electrons. The molecule has 1 aromatic heterocycles. The van der Waals surface area contributed by atoms with Crippen molar-refractivity contribution in [3.63, 3.8) is 0 Å². The maximum absolute atomic E-state index is 12.6. The highest BCUT2D eigenvalue weighted by molar-refractivity contribution is 7.10. The standard InChI is InChI=1S/C24H23ClN2O3S/c25-18-8-5-16(6-9-18)24(21-3-2-14-31-21)27-22(28)4-1-13-30-19-10-11-20-17(15-19)7-12-23(29)26-20/h2-3,5-6,8-11,14-15,24H,1,4,7,12-13H2,(H,26,29)(H,27,28). The summed E-state index contributed by atoms with van der Waals surface area (Å²) >= 11 is 7.62. The van der Waals surface area contributed by atoms with E-state index < -0.39 is 0 Å². The van der Waals surface area contributed by atoms with E-state index in [1.165, 1.54) is 0 Å². The molecule has 31 heavy (non-hydrogen) atoms. The van der Waals surface area contributed by atoms with Crippen molar-refractivity contribution in [1.29, 1.82) is 0 Å². The van der Waals surface area contributed by atoms with Gasteiger partial charge < -0.3 is 15.4 Å². The van der Waals surface area contributed by atoms with Gasteiger partial charge >= 0.3 is 0 Å². The van der Waals surface area contributed by atoms with Crippen LogP contribution in [-0.2, 0) is 16.0 Å². The topological polar surface area (TPSA) is 67.4 Å². The van der Waals surface area contributed by atoms with Gasteiger partial charge in [-0.1, -0.05) is 29.8 Å². The molecular weight excluding hydrogens is 432 g/mol. The van der Waals surface area contributed by atoms with Crippen molar-refractivity contribution >= 4 is 40.4 Å². The van der Waals surface area contributed by atoms with Crippen molar-refractivity contribution < 1.29 is 14.3 Å². The number of carbonyl (C=O) groups excluding carboxylic acids is 2. The van der Waals surface area contributed by atoms with Crippen LogP contribution in [0, 0.1) is 0 Å². The Morgan fingerprint density at radius 1 is 1.16 bits per heavy atom. The van der Waals surface area contributed by atoms with Crippen LogP contribution in [0.4, 0.5) is 5.69 Å². The van der Waals surface area contributed by atoms with Crippen molar-refractivity contribution in [3.8, 4) is 5.75 Å². The molecule has 3 aromatic rings. The lowest BCUT2D eigenvalue weighted by atomic mass is 10.0. The second-order valence-electron chi connectivity index (χ2n) is 7.39. The van der Waals surface area contributed by atoms with E-state index >= 15 is 0 Å². The monoisotopic (exact) mass is 454 g/mol. The fourth-order valence-electron chi connectivity index (χ4n) is 3.53. The van der Waals surface area contributed by atoms with Gasteiger partial charge in [-0.3, -0.25) is 9.59 Å². The van der Waals surface area contributed by atoms with Crippen molar-refractivity contribution in [2.45, 2.75) is 31.7 Å². The summed E-state index contributed by atoms with van der Waals surface area (Å²) in [5, 5.41) is 8.66. The Kier molecular flexibility index (Phi) is 6.89. The van der Waals surface area contributed by atoms with E-state index in [-0.39, 0.29) is 17.9 Å². The summed E-state index contributed by atoms with van der Waals surface area (Å²) in [5.74, 6) is 0.782. The Hall–Kier alpha value is -2.83. The fraction of sp³-hybridized carbons (Fsp3) is 0.250. The Balaban J connectivity index is 1.29. The van der Waals surface area contributed by atoms with E-state index in [9.17, 15) is 9.59 Å². The second-order valence-corrected chi connectivity index (χ2v) is 8.80. The summed E-state index contributed by atoms with van der Waals surface area (Å²) < 4.78 is 5.82. The molecule has 2 aromatic carbocycles. The Morgan fingerprint density at radius 3 is 2.77 bits per heavy atom. The number of carbonyl (C=O) groups is 2. The van der Waals surface area contributed by atoms with Gasteiger partial charge in [0.1, 0.15) is 5.75 Å². The van der Waals surface area contributed by atoms with E-state index in [0.29, 0.717) is 30.9 Å². The second kappa shape index (κ2) is 9.98. The quantitative estimate of drug-likeness (QED) is 0.451. The molecule has 7 heteroatoms. The van der Waals surface area contributed by atoms with Crippen LogP contribution in [0.15, 0.2) is 60.0 Å². The molecular formula is C24H23ClN2O3S. The molecule has 0 spiro atoms. The molecule has 0 saturated carbocycles. The van der Waals surface area contributed by atoms with Crippen LogP contribution in [0.5, 0.6) is 5.75 Å². The summed E-state index contributed by atoms with van der Waals surface area (Å²) in [4.78, 5) is 25.1. The first kappa shape index (κ1) is 21.4. The molecule has 0 radical (unpaired) electrons. The molecule has 2 heterocycles. The Bertz CT molecular complexity index is 1050. The molecule has 1 unspecified atom stereocenters. The number of hydrogen-bond acceptors (Lipinski definition) is 4. The number of anilines is 1. The molecule has 0 fully saturated rings. The lowest BCUT2D eigenvalue weighted by Crippen LogP contribution is -2.28. The minimum Gasteiger partial charge on any atom is -0.494 e. The van der Waals surface area contributed by atoms with Crippen LogP contribution in [0.2, 0.25) is 5.02 Å². The lowest BCUT2D eigenvalue weighted by molar-refractivity contribution is -0.121. The van der Waals surface area contributed by atoms with Gasteiger partial charge in [0, 0.05) is 28.4 Å². The molecule has 1 atom stereocenters. The maximum atomic E-state index is 12.6. The number of thiophene rings is 1. The highest BCUT2D eigenvalue weighted by Gasteiger charge is 2.18. The van der Waals surface area contributed by atoms with Crippen molar-refractivity contribution in [1.82, 2.24) is 5.32 Å². The number of rotatable bonds is 8. The first-order chi connectivity index (χ1) is 15.1. The third kappa shape index (κ3) is 5.66. The third-order valence-electron chi connectivity index (χ3n) is 5.13. The minimum atomic E-state index is -0.193. The third-order valence-corrected chi connectivity index (χ3v) is 6.31. The van der Waals surface area contributed by atoms with Gasteiger partial charge in [0.05, 0.1) is 12.6 Å². The summed E-state index contributed by atoms with van der Waals surface area (Å²) in [7, 11) is 0. The first-order valence-electron chi connectivity index (χ1n) is 10.2. The van der Waals surface area contributed by atoms with Crippen molar-refractivity contribution in [3.05, 3.63) is 81.0 Å². The number of nitrogens with one attached hydrogen (secondary N) is 2. The molecule has 4 rings (SSSR count). The average molecular weight is 455 g/mol. The predicted octanol–water partition coefficient (Wildman–Crippen LogP) is 5.35. The van der Waals surface area contributed by atoms with Crippen molar-refractivity contribution in [2.24, 2.45) is 0 Å². The van der Waals surface area contributed by atoms with Gasteiger partial charge in [0.15, 0.2) is 0 Å². The van der Waals surface area contributed by atoms with E-state index in [2.05, 4.69) is 10.6 Å². The number of aryl methyl sites for hydroxylation is 1. The van der Waals surface area contributed by atoms with Crippen LogP contribution in [0.3, 0.4) is 0 Å². The number of hydrogen-bond donors (Lipinski definition) is 2. The van der Waals surface area contributed by atoms with Crippen LogP contribution in [0.25, 0.3) is 0 Å². The molecule has 0 bridgehead atoms. The number of amides is 2. The predicted molar refractivity (Wildman–Crippen MR) is 124 cm³/mol. The van der Waals surface area contributed by atoms with Gasteiger partial charge in [0.2, 0.25) is 11.8 Å². The summed E-state index contributed by atoms with van der Waals surface area (Å²) in [6, 6.07) is 17.0. The molecule has 0 saturated heterocycles. The van der Waals surface area contributed by atoms with E-state index in [1.807, 2.05) is 60.0 Å². The van der Waals surface area contributed by atoms with E-state index in [4.69, 9.17) is 16.3 Å². The van der Waals surface area contributed by atoms with Gasteiger partial charge in [0.25, 0.3) is 0 Å². The lowest BCUT2D eigenvalue weighted by Gasteiger charge is -2.19. The van der Waals surface area contributed by atoms with E-state index in [1.54, 1.807) is 11.3 Å². The molecule has 1 aliphatic rings. The van der Waals surface area contributed by atoms with E-state index in [0.717, 1.165) is 33.9 Å². The summed E-state index contributed by atoms with van der Waals surface area (Å²) in [5.41, 5.74) is 2.93. The Morgan fingerprint density at radius 2 is 2.00 bits per heavy atom. The summed E-state index contributed by atoms with van der Waals surface area (Å²) in [6.45, 7) is 0.448. The van der Waals surface area contributed by atoms with Crippen LogP contribution in [0.1, 0.15) is 41.3 Å². The van der Waals surface area contributed by atoms with Gasteiger partial charge in [-0.2, -0.15) is 0 Å². The highest BCUT2D eigenvalue weighted by atomic mass is 35.5. The highest BCUT2D eigenvalue weighted by Crippen LogP contribution is 2.28. The van der Waals surface area contributed by atoms with Crippen molar-refractivity contribution in [2.75, 3.05) is 11.9 Å². The van der Waals surface area contributed by atoms with Gasteiger partial charge in [-0.05, 0) is 65.7 Å². The molecule has 1 aliphatic heterocycles. The molecule has 2 amide bonds. The molecule has 5 nitrogen and oxygen atoms in total. The average Bonchev–Trinajstić information content (AvgIpc) is 3.30. The van der Waals surface area contributed by atoms with Crippen LogP contribution in [-0.4, -0.2) is 18.4 Å². The molecule has 0 aliphatic carbocycles. The fourth-order valence-corrected chi connectivity index (χ4v) is 4.46.